The zero-order chi connectivity index (χ0) is 13.9. The van der Waals surface area contributed by atoms with Crippen molar-refractivity contribution < 1.29 is 13.2 Å². The van der Waals surface area contributed by atoms with Crippen molar-refractivity contribution in [3.8, 4) is 0 Å². The first kappa shape index (κ1) is 12.3. The maximum absolute atomic E-state index is 14.3. The van der Waals surface area contributed by atoms with Gasteiger partial charge in [-0.2, -0.15) is 0 Å². The summed E-state index contributed by atoms with van der Waals surface area (Å²) in [5.74, 6) is -4.70. The molecule has 102 valence electrons. The molecule has 1 saturated carbocycles. The van der Waals surface area contributed by atoms with Gasteiger partial charge in [0.1, 0.15) is 5.52 Å². The van der Waals surface area contributed by atoms with Gasteiger partial charge in [0.15, 0.2) is 5.82 Å². The molecule has 2 aromatic rings. The Morgan fingerprint density at radius 3 is 2.63 bits per heavy atom. The summed E-state index contributed by atoms with van der Waals surface area (Å²) >= 11 is 0. The highest BCUT2D eigenvalue weighted by atomic mass is 19.3. The lowest BCUT2D eigenvalue weighted by Crippen LogP contribution is -2.06. The van der Waals surface area contributed by atoms with Crippen LogP contribution in [0.5, 0.6) is 0 Å². The number of nitrogen functional groups attached to an aromatic ring is 1. The van der Waals surface area contributed by atoms with Crippen molar-refractivity contribution in [2.75, 3.05) is 5.73 Å². The average molecular weight is 270 g/mol. The highest BCUT2D eigenvalue weighted by molar-refractivity contribution is 5.57. The molecule has 0 saturated heterocycles. The summed E-state index contributed by atoms with van der Waals surface area (Å²) in [6.07, 6.45) is 0.914. The first-order chi connectivity index (χ1) is 8.83. The third-order valence-electron chi connectivity index (χ3n) is 3.44. The highest BCUT2D eigenvalue weighted by Gasteiger charge is 2.60. The van der Waals surface area contributed by atoms with E-state index in [1.807, 2.05) is 13.8 Å². The molecule has 2 aromatic heterocycles. The number of fused-ring (bicyclic) bond motifs is 1. The van der Waals surface area contributed by atoms with Gasteiger partial charge in [-0.25, -0.2) is 22.7 Å². The van der Waals surface area contributed by atoms with Crippen LogP contribution in [0, 0.1) is 5.82 Å². The summed E-state index contributed by atoms with van der Waals surface area (Å²) in [5.41, 5.74) is 6.08. The Bertz CT molecular complexity index is 663. The fourth-order valence-corrected chi connectivity index (χ4v) is 2.48. The Kier molecular flexibility index (Phi) is 2.33. The summed E-state index contributed by atoms with van der Waals surface area (Å²) in [6, 6.07) is 0. The van der Waals surface area contributed by atoms with Crippen LogP contribution in [0.2, 0.25) is 0 Å². The zero-order valence-corrected chi connectivity index (χ0v) is 10.5. The molecule has 0 aromatic carbocycles. The fourth-order valence-electron chi connectivity index (χ4n) is 2.48. The SMILES string of the molecule is CC(C)c1c(C2CC2(F)F)c(F)c2cnc(N)nn12. The third kappa shape index (κ3) is 1.67. The molecule has 0 spiro atoms. The van der Waals surface area contributed by atoms with Crippen LogP contribution in [-0.4, -0.2) is 20.5 Å². The van der Waals surface area contributed by atoms with Crippen LogP contribution in [0.3, 0.4) is 0 Å². The van der Waals surface area contributed by atoms with Crippen LogP contribution in [0.1, 0.15) is 43.4 Å². The Morgan fingerprint density at radius 2 is 2.11 bits per heavy atom. The lowest BCUT2D eigenvalue weighted by Gasteiger charge is -2.08. The molecule has 3 rings (SSSR count). The second-order valence-electron chi connectivity index (χ2n) is 5.20. The smallest absolute Gasteiger partial charge is 0.256 e. The lowest BCUT2D eigenvalue weighted by molar-refractivity contribution is 0.111. The Balaban J connectivity index is 2.31. The van der Waals surface area contributed by atoms with Crippen molar-refractivity contribution in [2.24, 2.45) is 0 Å². The molecule has 2 heterocycles. The summed E-state index contributed by atoms with van der Waals surface area (Å²) in [4.78, 5) is 3.72. The molecule has 1 atom stereocenters. The number of hydrogen-bond acceptors (Lipinski definition) is 3. The topological polar surface area (TPSA) is 56.2 Å². The predicted molar refractivity (Wildman–Crippen MR) is 63.8 cm³/mol. The van der Waals surface area contributed by atoms with Gasteiger partial charge < -0.3 is 5.73 Å². The van der Waals surface area contributed by atoms with Crippen LogP contribution >= 0.6 is 0 Å². The average Bonchev–Trinajstić information content (AvgIpc) is 2.82. The molecule has 19 heavy (non-hydrogen) atoms. The van der Waals surface area contributed by atoms with Crippen LogP contribution in [0.25, 0.3) is 5.52 Å². The largest absolute Gasteiger partial charge is 0.367 e. The number of alkyl halides is 2. The Morgan fingerprint density at radius 1 is 1.47 bits per heavy atom. The quantitative estimate of drug-likeness (QED) is 0.912. The summed E-state index contributed by atoms with van der Waals surface area (Å²) in [6.45, 7) is 3.62. The second-order valence-corrected chi connectivity index (χ2v) is 5.20. The predicted octanol–water partition coefficient (Wildman–Crippen LogP) is 2.70. The minimum atomic E-state index is -2.83. The van der Waals surface area contributed by atoms with Crippen LogP contribution in [0.15, 0.2) is 6.20 Å². The number of anilines is 1. The van der Waals surface area contributed by atoms with Crippen molar-refractivity contribution in [2.45, 2.75) is 38.0 Å². The maximum atomic E-state index is 14.3. The summed E-state index contributed by atoms with van der Waals surface area (Å²) in [5, 5.41) is 3.93. The van der Waals surface area contributed by atoms with E-state index in [-0.39, 0.29) is 29.4 Å². The Hall–Kier alpha value is -1.79. The van der Waals surface area contributed by atoms with E-state index in [9.17, 15) is 13.2 Å². The molecule has 1 aliphatic carbocycles. The molecule has 0 aliphatic heterocycles. The minimum absolute atomic E-state index is 0.0153. The molecule has 0 radical (unpaired) electrons. The van der Waals surface area contributed by atoms with E-state index in [2.05, 4.69) is 10.1 Å². The van der Waals surface area contributed by atoms with Gasteiger partial charge in [0, 0.05) is 12.0 Å². The van der Waals surface area contributed by atoms with Gasteiger partial charge >= 0.3 is 0 Å². The number of hydrogen-bond donors (Lipinski definition) is 1. The van der Waals surface area contributed by atoms with E-state index in [0.29, 0.717) is 5.69 Å². The van der Waals surface area contributed by atoms with Gasteiger partial charge in [0.2, 0.25) is 5.95 Å². The fraction of sp³-hybridized carbons (Fsp3) is 0.500. The zero-order valence-electron chi connectivity index (χ0n) is 10.5. The van der Waals surface area contributed by atoms with Crippen molar-refractivity contribution in [1.29, 1.82) is 0 Å². The normalized spacial score (nSPS) is 21.3. The van der Waals surface area contributed by atoms with E-state index in [0.717, 1.165) is 0 Å². The van der Waals surface area contributed by atoms with Gasteiger partial charge in [0.05, 0.1) is 17.8 Å². The molecule has 1 fully saturated rings. The first-order valence-corrected chi connectivity index (χ1v) is 6.03. The van der Waals surface area contributed by atoms with Gasteiger partial charge in [-0.1, -0.05) is 13.8 Å². The molecule has 0 amide bonds. The Labute approximate surface area is 107 Å². The summed E-state index contributed by atoms with van der Waals surface area (Å²) < 4.78 is 42.2. The molecule has 1 unspecified atom stereocenters. The van der Waals surface area contributed by atoms with Crippen LogP contribution in [-0.2, 0) is 0 Å². The van der Waals surface area contributed by atoms with Gasteiger partial charge in [-0.3, -0.25) is 0 Å². The van der Waals surface area contributed by atoms with Crippen molar-refractivity contribution in [3.05, 3.63) is 23.3 Å². The standard InChI is InChI=1S/C12H13F3N4/c1-5(2)10-8(6-3-12(6,14)15)9(13)7-4-17-11(16)18-19(7)10/h4-6H,3H2,1-2H3,(H2,16,18). The second kappa shape index (κ2) is 3.61. The summed E-state index contributed by atoms with van der Waals surface area (Å²) in [7, 11) is 0. The van der Waals surface area contributed by atoms with E-state index >= 15 is 0 Å². The minimum Gasteiger partial charge on any atom is -0.367 e. The number of nitrogens with zero attached hydrogens (tertiary/aromatic N) is 3. The van der Waals surface area contributed by atoms with E-state index in [4.69, 9.17) is 5.73 Å². The molecular formula is C12H13F3N4. The van der Waals surface area contributed by atoms with E-state index in [1.165, 1.54) is 10.7 Å². The number of rotatable bonds is 2. The number of nitrogens with two attached hydrogens (primary N) is 1. The molecular weight excluding hydrogens is 257 g/mol. The van der Waals surface area contributed by atoms with Crippen molar-refractivity contribution in [1.82, 2.24) is 14.6 Å². The first-order valence-electron chi connectivity index (χ1n) is 6.03. The molecule has 4 nitrogen and oxygen atoms in total. The lowest BCUT2D eigenvalue weighted by atomic mass is 10.0. The van der Waals surface area contributed by atoms with Crippen molar-refractivity contribution in [3.63, 3.8) is 0 Å². The molecule has 7 heteroatoms. The molecule has 1 aliphatic rings. The van der Waals surface area contributed by atoms with E-state index in [1.54, 1.807) is 0 Å². The molecule has 2 N–H and O–H groups in total. The van der Waals surface area contributed by atoms with Gasteiger partial charge in [0.25, 0.3) is 5.92 Å². The monoisotopic (exact) mass is 270 g/mol. The number of aromatic nitrogens is 3. The highest BCUT2D eigenvalue weighted by Crippen LogP contribution is 2.58. The maximum Gasteiger partial charge on any atom is 0.256 e. The van der Waals surface area contributed by atoms with Crippen LogP contribution in [0.4, 0.5) is 19.1 Å². The van der Waals surface area contributed by atoms with Crippen LogP contribution < -0.4 is 5.73 Å². The van der Waals surface area contributed by atoms with Gasteiger partial charge in [-0.15, -0.1) is 5.10 Å². The van der Waals surface area contributed by atoms with Gasteiger partial charge in [-0.05, 0) is 5.92 Å². The van der Waals surface area contributed by atoms with Crippen molar-refractivity contribution >= 4 is 11.5 Å². The molecule has 0 bridgehead atoms. The number of halogens is 3. The third-order valence-corrected chi connectivity index (χ3v) is 3.44. The van der Waals surface area contributed by atoms with E-state index < -0.39 is 17.7 Å².